The van der Waals surface area contributed by atoms with Gasteiger partial charge in [-0.2, -0.15) is 0 Å². The van der Waals surface area contributed by atoms with E-state index in [9.17, 15) is 9.59 Å². The van der Waals surface area contributed by atoms with Crippen LogP contribution in [-0.4, -0.2) is 17.9 Å². The highest BCUT2D eigenvalue weighted by Crippen LogP contribution is 2.22. The quantitative estimate of drug-likeness (QED) is 0.868. The van der Waals surface area contributed by atoms with E-state index in [0.29, 0.717) is 10.7 Å². The summed E-state index contributed by atoms with van der Waals surface area (Å²) in [6, 6.07) is 4.76. The summed E-state index contributed by atoms with van der Waals surface area (Å²) in [4.78, 5) is 22.5. The average Bonchev–Trinajstić information content (AvgIpc) is 2.21. The van der Waals surface area contributed by atoms with Crippen molar-refractivity contribution in [2.75, 3.05) is 5.32 Å². The van der Waals surface area contributed by atoms with Crippen LogP contribution in [0.2, 0.25) is 5.02 Å². The predicted octanol–water partition coefficient (Wildman–Crippen LogP) is 2.11. The van der Waals surface area contributed by atoms with Crippen LogP contribution < -0.4 is 10.6 Å². The number of carbonyl (C=O) groups is 2. The maximum atomic E-state index is 11.7. The molecule has 92 valence electrons. The van der Waals surface area contributed by atoms with Crippen molar-refractivity contribution >= 4 is 29.1 Å². The molecule has 5 heteroatoms. The van der Waals surface area contributed by atoms with Crippen LogP contribution in [0.15, 0.2) is 18.2 Å². The fraction of sp³-hybridized carbons (Fsp3) is 0.333. The Morgan fingerprint density at radius 2 is 2.00 bits per heavy atom. The van der Waals surface area contributed by atoms with Crippen molar-refractivity contribution in [1.82, 2.24) is 5.32 Å². The van der Waals surface area contributed by atoms with E-state index in [1.165, 1.54) is 6.92 Å². The number of aryl methyl sites for hydroxylation is 1. The van der Waals surface area contributed by atoms with Crippen molar-refractivity contribution in [2.45, 2.75) is 26.8 Å². The number of halogens is 1. The molecule has 0 spiro atoms. The number of anilines is 1. The highest BCUT2D eigenvalue weighted by Gasteiger charge is 2.14. The zero-order chi connectivity index (χ0) is 13.0. The summed E-state index contributed by atoms with van der Waals surface area (Å²) in [5, 5.41) is 5.64. The lowest BCUT2D eigenvalue weighted by Crippen LogP contribution is -2.40. The van der Waals surface area contributed by atoms with Gasteiger partial charge in [0.15, 0.2) is 0 Å². The topological polar surface area (TPSA) is 58.2 Å². The molecular formula is C12H15ClN2O2. The second kappa shape index (κ2) is 5.68. The fourth-order valence-electron chi connectivity index (χ4n) is 1.33. The maximum Gasteiger partial charge on any atom is 0.246 e. The number of hydrogen-bond donors (Lipinski definition) is 2. The summed E-state index contributed by atoms with van der Waals surface area (Å²) < 4.78 is 0. The lowest BCUT2D eigenvalue weighted by atomic mass is 10.2. The Hall–Kier alpha value is -1.55. The molecule has 0 aliphatic carbocycles. The Bertz CT molecular complexity index is 446. The minimum absolute atomic E-state index is 0.248. The van der Waals surface area contributed by atoms with E-state index in [4.69, 9.17) is 11.6 Å². The highest BCUT2D eigenvalue weighted by atomic mass is 35.5. The summed E-state index contributed by atoms with van der Waals surface area (Å²) in [6.07, 6.45) is 0. The van der Waals surface area contributed by atoms with Crippen LogP contribution in [0.1, 0.15) is 19.4 Å². The van der Waals surface area contributed by atoms with E-state index in [1.807, 2.05) is 13.0 Å². The maximum absolute atomic E-state index is 11.7. The normalized spacial score (nSPS) is 11.8. The van der Waals surface area contributed by atoms with Crippen LogP contribution in [0.4, 0.5) is 5.69 Å². The van der Waals surface area contributed by atoms with Gasteiger partial charge >= 0.3 is 0 Å². The average molecular weight is 255 g/mol. The number of hydrogen-bond acceptors (Lipinski definition) is 2. The lowest BCUT2D eigenvalue weighted by molar-refractivity contribution is -0.124. The molecule has 1 aromatic rings. The predicted molar refractivity (Wildman–Crippen MR) is 68.1 cm³/mol. The molecule has 1 aromatic carbocycles. The molecule has 0 aliphatic rings. The first kappa shape index (κ1) is 13.5. The first-order chi connectivity index (χ1) is 7.90. The Balaban J connectivity index is 2.71. The molecule has 0 fully saturated rings. The van der Waals surface area contributed by atoms with Gasteiger partial charge in [-0.1, -0.05) is 17.7 Å². The van der Waals surface area contributed by atoms with Gasteiger partial charge in [0, 0.05) is 6.92 Å². The van der Waals surface area contributed by atoms with Crippen molar-refractivity contribution in [3.63, 3.8) is 0 Å². The SMILES string of the molecule is CC(=O)NC(C)C(=O)Nc1ccc(C)cc1Cl. The molecule has 17 heavy (non-hydrogen) atoms. The molecule has 0 bridgehead atoms. The van der Waals surface area contributed by atoms with Gasteiger partial charge in [-0.25, -0.2) is 0 Å². The van der Waals surface area contributed by atoms with Crippen molar-refractivity contribution < 1.29 is 9.59 Å². The summed E-state index contributed by atoms with van der Waals surface area (Å²) in [5.74, 6) is -0.548. The zero-order valence-corrected chi connectivity index (χ0v) is 10.8. The number of amides is 2. The Morgan fingerprint density at radius 1 is 1.35 bits per heavy atom. The highest BCUT2D eigenvalue weighted by molar-refractivity contribution is 6.33. The standard InChI is InChI=1S/C12H15ClN2O2/c1-7-4-5-11(10(13)6-7)15-12(17)8(2)14-9(3)16/h4-6,8H,1-3H3,(H,14,16)(H,15,17). The van der Waals surface area contributed by atoms with Gasteiger partial charge in [0.1, 0.15) is 6.04 Å². The van der Waals surface area contributed by atoms with Crippen LogP contribution >= 0.6 is 11.6 Å². The zero-order valence-electron chi connectivity index (χ0n) is 10.0. The number of carbonyl (C=O) groups excluding carboxylic acids is 2. The Kier molecular flexibility index (Phi) is 4.52. The molecular weight excluding hydrogens is 240 g/mol. The largest absolute Gasteiger partial charge is 0.345 e. The van der Waals surface area contributed by atoms with Crippen LogP contribution in [-0.2, 0) is 9.59 Å². The van der Waals surface area contributed by atoms with Gasteiger partial charge in [0.25, 0.3) is 0 Å². The second-order valence-electron chi connectivity index (χ2n) is 3.89. The third kappa shape index (κ3) is 4.07. The van der Waals surface area contributed by atoms with Gasteiger partial charge in [-0.15, -0.1) is 0 Å². The minimum Gasteiger partial charge on any atom is -0.345 e. The number of benzene rings is 1. The first-order valence-electron chi connectivity index (χ1n) is 5.24. The van der Waals surface area contributed by atoms with Crippen LogP contribution in [0.5, 0.6) is 0 Å². The smallest absolute Gasteiger partial charge is 0.246 e. The van der Waals surface area contributed by atoms with E-state index in [2.05, 4.69) is 10.6 Å². The lowest BCUT2D eigenvalue weighted by Gasteiger charge is -2.13. The second-order valence-corrected chi connectivity index (χ2v) is 4.30. The van der Waals surface area contributed by atoms with E-state index < -0.39 is 6.04 Å². The molecule has 4 nitrogen and oxygen atoms in total. The van der Waals surface area contributed by atoms with Crippen LogP contribution in [0, 0.1) is 6.92 Å². The molecule has 2 N–H and O–H groups in total. The van der Waals surface area contributed by atoms with Crippen molar-refractivity contribution in [3.05, 3.63) is 28.8 Å². The fourth-order valence-corrected chi connectivity index (χ4v) is 1.62. The molecule has 0 saturated carbocycles. The monoisotopic (exact) mass is 254 g/mol. The number of rotatable bonds is 3. The molecule has 0 heterocycles. The van der Waals surface area contributed by atoms with Gasteiger partial charge in [0.2, 0.25) is 11.8 Å². The van der Waals surface area contributed by atoms with Gasteiger partial charge in [0.05, 0.1) is 10.7 Å². The molecule has 0 saturated heterocycles. The Morgan fingerprint density at radius 3 is 2.53 bits per heavy atom. The number of nitrogens with one attached hydrogen (secondary N) is 2. The van der Waals surface area contributed by atoms with Gasteiger partial charge < -0.3 is 10.6 Å². The van der Waals surface area contributed by atoms with Crippen molar-refractivity contribution in [1.29, 1.82) is 0 Å². The molecule has 2 amide bonds. The summed E-state index contributed by atoms with van der Waals surface area (Å²) >= 11 is 5.98. The summed E-state index contributed by atoms with van der Waals surface area (Å²) in [5.41, 5.74) is 1.56. The summed E-state index contributed by atoms with van der Waals surface area (Å²) in [7, 11) is 0. The molecule has 1 unspecified atom stereocenters. The molecule has 1 atom stereocenters. The van der Waals surface area contributed by atoms with E-state index >= 15 is 0 Å². The van der Waals surface area contributed by atoms with Gasteiger partial charge in [-0.3, -0.25) is 9.59 Å². The van der Waals surface area contributed by atoms with E-state index in [0.717, 1.165) is 5.56 Å². The minimum atomic E-state index is -0.593. The molecule has 0 radical (unpaired) electrons. The third-order valence-corrected chi connectivity index (χ3v) is 2.51. The van der Waals surface area contributed by atoms with Crippen molar-refractivity contribution in [2.24, 2.45) is 0 Å². The molecule has 1 rings (SSSR count). The van der Waals surface area contributed by atoms with Crippen LogP contribution in [0.3, 0.4) is 0 Å². The van der Waals surface area contributed by atoms with E-state index in [1.54, 1.807) is 19.1 Å². The van der Waals surface area contributed by atoms with Gasteiger partial charge in [-0.05, 0) is 31.5 Å². The first-order valence-corrected chi connectivity index (χ1v) is 5.62. The Labute approximate surface area is 105 Å². The molecule has 0 aliphatic heterocycles. The van der Waals surface area contributed by atoms with Crippen molar-refractivity contribution in [3.8, 4) is 0 Å². The summed E-state index contributed by atoms with van der Waals surface area (Å²) in [6.45, 7) is 4.89. The van der Waals surface area contributed by atoms with Crippen LogP contribution in [0.25, 0.3) is 0 Å². The molecule has 0 aromatic heterocycles. The third-order valence-electron chi connectivity index (χ3n) is 2.20. The van der Waals surface area contributed by atoms with E-state index in [-0.39, 0.29) is 11.8 Å².